The molecule has 0 aliphatic carbocycles. The SMILES string of the molecule is C=C(C)C[C@H](c1cc2c(cc1Br)OCO2)N1CCNCC1. The van der Waals surface area contributed by atoms with Crippen LogP contribution in [0.5, 0.6) is 11.5 Å². The smallest absolute Gasteiger partial charge is 0.231 e. The number of hydrogen-bond donors (Lipinski definition) is 1. The standard InChI is InChI=1S/C16H21BrN2O2/c1-11(2)7-14(19-5-3-18-4-6-19)12-8-15-16(9-13(12)17)21-10-20-15/h8-9,14,18H,1,3-7,10H2,2H3/t14-/m1/s1. The van der Waals surface area contributed by atoms with E-state index in [9.17, 15) is 0 Å². The van der Waals surface area contributed by atoms with Crippen LogP contribution in [-0.2, 0) is 0 Å². The summed E-state index contributed by atoms with van der Waals surface area (Å²) >= 11 is 3.70. The second-order valence-corrected chi connectivity index (χ2v) is 6.54. The normalized spacial score (nSPS) is 19.5. The maximum absolute atomic E-state index is 5.54. The Bertz CT molecular complexity index is 541. The Labute approximate surface area is 134 Å². The lowest BCUT2D eigenvalue weighted by atomic mass is 9.97. The van der Waals surface area contributed by atoms with Crippen LogP contribution in [-0.4, -0.2) is 37.9 Å². The lowest BCUT2D eigenvalue weighted by Crippen LogP contribution is -2.45. The van der Waals surface area contributed by atoms with Gasteiger partial charge in [0.1, 0.15) is 0 Å². The first-order valence-corrected chi connectivity index (χ1v) is 8.12. The topological polar surface area (TPSA) is 33.7 Å². The van der Waals surface area contributed by atoms with Gasteiger partial charge in [0, 0.05) is 36.7 Å². The van der Waals surface area contributed by atoms with Crippen LogP contribution in [0.3, 0.4) is 0 Å². The number of nitrogens with one attached hydrogen (secondary N) is 1. The van der Waals surface area contributed by atoms with Crippen molar-refractivity contribution in [2.45, 2.75) is 19.4 Å². The van der Waals surface area contributed by atoms with Crippen LogP contribution in [0.1, 0.15) is 24.9 Å². The summed E-state index contributed by atoms with van der Waals surface area (Å²) in [6, 6.07) is 4.46. The van der Waals surface area contributed by atoms with Gasteiger partial charge in [-0.05, 0) is 31.0 Å². The maximum Gasteiger partial charge on any atom is 0.231 e. The lowest BCUT2D eigenvalue weighted by molar-refractivity contribution is 0.169. The van der Waals surface area contributed by atoms with Gasteiger partial charge in [-0.15, -0.1) is 6.58 Å². The monoisotopic (exact) mass is 352 g/mol. The Morgan fingerprint density at radius 2 is 2.00 bits per heavy atom. The summed E-state index contributed by atoms with van der Waals surface area (Å²) in [6.45, 7) is 10.7. The number of ether oxygens (including phenoxy) is 2. The van der Waals surface area contributed by atoms with Crippen molar-refractivity contribution >= 4 is 15.9 Å². The van der Waals surface area contributed by atoms with Crippen molar-refractivity contribution in [2.75, 3.05) is 33.0 Å². The van der Waals surface area contributed by atoms with E-state index in [2.05, 4.69) is 45.7 Å². The van der Waals surface area contributed by atoms with E-state index in [1.165, 1.54) is 11.1 Å². The molecule has 2 aliphatic rings. The van der Waals surface area contributed by atoms with Crippen molar-refractivity contribution in [1.29, 1.82) is 0 Å². The quantitative estimate of drug-likeness (QED) is 0.844. The van der Waals surface area contributed by atoms with Crippen LogP contribution in [0, 0.1) is 0 Å². The molecule has 0 spiro atoms. The largest absolute Gasteiger partial charge is 0.454 e. The fraction of sp³-hybridized carbons (Fsp3) is 0.500. The molecule has 1 aromatic carbocycles. The molecule has 0 saturated carbocycles. The van der Waals surface area contributed by atoms with Crippen LogP contribution >= 0.6 is 15.9 Å². The number of halogens is 1. The molecule has 21 heavy (non-hydrogen) atoms. The number of benzene rings is 1. The minimum absolute atomic E-state index is 0.310. The van der Waals surface area contributed by atoms with Gasteiger partial charge in [0.25, 0.3) is 0 Å². The molecule has 1 saturated heterocycles. The van der Waals surface area contributed by atoms with Crippen molar-refractivity contribution in [1.82, 2.24) is 10.2 Å². The van der Waals surface area contributed by atoms with Crippen LogP contribution in [0.15, 0.2) is 28.8 Å². The molecule has 1 atom stereocenters. The average molecular weight is 353 g/mol. The van der Waals surface area contributed by atoms with Crippen molar-refractivity contribution < 1.29 is 9.47 Å². The molecule has 5 heteroatoms. The third-order valence-corrected chi connectivity index (χ3v) is 4.67. The van der Waals surface area contributed by atoms with Gasteiger partial charge in [-0.25, -0.2) is 0 Å². The summed E-state index contributed by atoms with van der Waals surface area (Å²) in [7, 11) is 0. The van der Waals surface area contributed by atoms with Gasteiger partial charge in [0.15, 0.2) is 11.5 Å². The zero-order chi connectivity index (χ0) is 14.8. The molecule has 0 amide bonds. The molecule has 3 rings (SSSR count). The van der Waals surface area contributed by atoms with Crippen molar-refractivity contribution in [2.24, 2.45) is 0 Å². The van der Waals surface area contributed by atoms with Crippen LogP contribution < -0.4 is 14.8 Å². The first-order chi connectivity index (χ1) is 10.1. The minimum Gasteiger partial charge on any atom is -0.454 e. The van der Waals surface area contributed by atoms with Gasteiger partial charge in [-0.1, -0.05) is 21.5 Å². The second kappa shape index (κ2) is 6.38. The molecule has 0 radical (unpaired) electrons. The summed E-state index contributed by atoms with van der Waals surface area (Å²) in [4.78, 5) is 2.52. The Balaban J connectivity index is 1.93. The Morgan fingerprint density at radius 1 is 1.33 bits per heavy atom. The zero-order valence-corrected chi connectivity index (χ0v) is 13.9. The Kier molecular flexibility index (Phi) is 4.52. The van der Waals surface area contributed by atoms with Gasteiger partial charge in [-0.3, -0.25) is 4.90 Å². The number of piperazine rings is 1. The molecule has 4 nitrogen and oxygen atoms in total. The molecular weight excluding hydrogens is 332 g/mol. The van der Waals surface area contributed by atoms with Gasteiger partial charge in [0.05, 0.1) is 0 Å². The third-order valence-electron chi connectivity index (χ3n) is 3.99. The van der Waals surface area contributed by atoms with Crippen LogP contribution in [0.25, 0.3) is 0 Å². The first-order valence-electron chi connectivity index (χ1n) is 7.33. The molecule has 1 fully saturated rings. The molecular formula is C16H21BrN2O2. The van der Waals surface area contributed by atoms with E-state index in [0.717, 1.165) is 48.6 Å². The van der Waals surface area contributed by atoms with Crippen molar-refractivity contribution in [3.05, 3.63) is 34.3 Å². The van der Waals surface area contributed by atoms with E-state index >= 15 is 0 Å². The van der Waals surface area contributed by atoms with E-state index in [-0.39, 0.29) is 0 Å². The highest BCUT2D eigenvalue weighted by atomic mass is 79.9. The minimum atomic E-state index is 0.310. The Morgan fingerprint density at radius 3 is 2.67 bits per heavy atom. The molecule has 0 aromatic heterocycles. The molecule has 1 N–H and O–H groups in total. The highest BCUT2D eigenvalue weighted by Crippen LogP contribution is 2.41. The van der Waals surface area contributed by atoms with E-state index in [1.807, 2.05) is 6.07 Å². The predicted molar refractivity (Wildman–Crippen MR) is 86.9 cm³/mol. The fourth-order valence-corrected chi connectivity index (χ4v) is 3.53. The molecule has 2 aliphatic heterocycles. The lowest BCUT2D eigenvalue weighted by Gasteiger charge is -2.36. The number of fused-ring (bicyclic) bond motifs is 1. The van der Waals surface area contributed by atoms with Gasteiger partial charge in [-0.2, -0.15) is 0 Å². The molecule has 114 valence electrons. The Hall–Kier alpha value is -1.04. The van der Waals surface area contributed by atoms with E-state index < -0.39 is 0 Å². The maximum atomic E-state index is 5.54. The summed E-state index contributed by atoms with van der Waals surface area (Å²) in [6.07, 6.45) is 0.957. The summed E-state index contributed by atoms with van der Waals surface area (Å²) < 4.78 is 12.1. The zero-order valence-electron chi connectivity index (χ0n) is 12.3. The van der Waals surface area contributed by atoms with Gasteiger partial charge in [0.2, 0.25) is 6.79 Å². The summed E-state index contributed by atoms with van der Waals surface area (Å²) in [5, 5.41) is 3.41. The molecule has 1 aromatic rings. The highest BCUT2D eigenvalue weighted by Gasteiger charge is 2.26. The highest BCUT2D eigenvalue weighted by molar-refractivity contribution is 9.10. The van der Waals surface area contributed by atoms with Crippen LogP contribution in [0.2, 0.25) is 0 Å². The first kappa shape index (κ1) is 14.9. The van der Waals surface area contributed by atoms with Gasteiger partial charge >= 0.3 is 0 Å². The molecule has 2 heterocycles. The molecule has 0 bridgehead atoms. The van der Waals surface area contributed by atoms with Crippen molar-refractivity contribution in [3.63, 3.8) is 0 Å². The number of nitrogens with zero attached hydrogens (tertiary/aromatic N) is 1. The second-order valence-electron chi connectivity index (χ2n) is 5.69. The number of hydrogen-bond acceptors (Lipinski definition) is 4. The van der Waals surface area contributed by atoms with E-state index in [1.54, 1.807) is 0 Å². The van der Waals surface area contributed by atoms with Gasteiger partial charge < -0.3 is 14.8 Å². The summed E-state index contributed by atoms with van der Waals surface area (Å²) in [5.41, 5.74) is 2.45. The average Bonchev–Trinajstić information content (AvgIpc) is 2.92. The number of rotatable bonds is 4. The fourth-order valence-electron chi connectivity index (χ4n) is 2.95. The third kappa shape index (κ3) is 3.25. The van der Waals surface area contributed by atoms with E-state index in [4.69, 9.17) is 9.47 Å². The summed E-state index contributed by atoms with van der Waals surface area (Å²) in [5.74, 6) is 1.66. The molecule has 0 unspecified atom stereocenters. The van der Waals surface area contributed by atoms with Crippen LogP contribution in [0.4, 0.5) is 0 Å². The predicted octanol–water partition coefficient (Wildman–Crippen LogP) is 3.09. The van der Waals surface area contributed by atoms with E-state index in [0.29, 0.717) is 12.8 Å². The van der Waals surface area contributed by atoms with Crippen molar-refractivity contribution in [3.8, 4) is 11.5 Å².